The molecule has 1 heterocycles. The first-order valence-electron chi connectivity index (χ1n) is 5.92. The zero-order valence-corrected chi connectivity index (χ0v) is 12.7. The first-order valence-corrected chi connectivity index (χ1v) is 7.62. The minimum Gasteiger partial charge on any atom is -0.374 e. The lowest BCUT2D eigenvalue weighted by Crippen LogP contribution is -2.24. The van der Waals surface area contributed by atoms with Crippen LogP contribution in [0.25, 0.3) is 0 Å². The van der Waals surface area contributed by atoms with Crippen LogP contribution < -0.4 is 16.8 Å². The van der Waals surface area contributed by atoms with Crippen molar-refractivity contribution in [3.8, 4) is 0 Å². The predicted molar refractivity (Wildman–Crippen MR) is 83.2 cm³/mol. The number of nitrogens with one attached hydrogen (secondary N) is 1. The summed E-state index contributed by atoms with van der Waals surface area (Å²) < 4.78 is 0.610. The number of nitrogens with two attached hydrogens (primary N) is 2. The Morgan fingerprint density at radius 1 is 1.33 bits per heavy atom. The minimum atomic E-state index is -0.594. The van der Waals surface area contributed by atoms with E-state index in [4.69, 9.17) is 11.5 Å². The highest BCUT2D eigenvalue weighted by atomic mass is 32.2. The van der Waals surface area contributed by atoms with Crippen molar-refractivity contribution >= 4 is 45.7 Å². The van der Waals surface area contributed by atoms with E-state index in [1.165, 1.54) is 23.1 Å². The number of hydrogen-bond donors (Lipinski definition) is 3. The van der Waals surface area contributed by atoms with E-state index in [9.17, 15) is 9.59 Å². The molecule has 2 rings (SSSR count). The van der Waals surface area contributed by atoms with Crippen molar-refractivity contribution in [1.82, 2.24) is 10.2 Å². The molecule has 0 saturated carbocycles. The molecule has 0 aliphatic rings. The van der Waals surface area contributed by atoms with E-state index in [-0.39, 0.29) is 11.5 Å². The van der Waals surface area contributed by atoms with E-state index in [0.29, 0.717) is 15.2 Å². The van der Waals surface area contributed by atoms with Crippen molar-refractivity contribution < 1.29 is 9.59 Å². The lowest BCUT2D eigenvalue weighted by Gasteiger charge is -2.12. The zero-order chi connectivity index (χ0) is 15.4. The maximum absolute atomic E-state index is 12.1. The van der Waals surface area contributed by atoms with Crippen LogP contribution in [0, 0.1) is 0 Å². The molecule has 0 bridgehead atoms. The van der Waals surface area contributed by atoms with Gasteiger partial charge >= 0.3 is 0 Å². The normalized spacial score (nSPS) is 11.9. The smallest absolute Gasteiger partial charge is 0.250 e. The molecule has 0 saturated heterocycles. The number of nitrogen functional groups attached to an aromatic ring is 1. The number of para-hydroxylation sites is 1. The van der Waals surface area contributed by atoms with Gasteiger partial charge in [0.25, 0.3) is 5.91 Å². The van der Waals surface area contributed by atoms with Crippen molar-refractivity contribution in [1.29, 1.82) is 0 Å². The number of amides is 2. The first kappa shape index (κ1) is 15.3. The fourth-order valence-electron chi connectivity index (χ4n) is 1.51. The van der Waals surface area contributed by atoms with Crippen LogP contribution in [0.2, 0.25) is 0 Å². The maximum atomic E-state index is 12.1. The average molecular weight is 323 g/mol. The summed E-state index contributed by atoms with van der Waals surface area (Å²) in [6.45, 7) is 1.73. The fourth-order valence-corrected chi connectivity index (χ4v) is 3.29. The molecule has 2 amide bonds. The highest BCUT2D eigenvalue weighted by Crippen LogP contribution is 2.28. The van der Waals surface area contributed by atoms with E-state index in [0.717, 1.165) is 0 Å². The largest absolute Gasteiger partial charge is 0.374 e. The number of rotatable bonds is 5. The zero-order valence-electron chi connectivity index (χ0n) is 11.1. The highest BCUT2D eigenvalue weighted by molar-refractivity contribution is 8.02. The molecule has 110 valence electrons. The molecule has 7 nitrogen and oxygen atoms in total. The second-order valence-electron chi connectivity index (χ2n) is 4.07. The Hall–Kier alpha value is -2.13. The van der Waals surface area contributed by atoms with Gasteiger partial charge in [-0.25, -0.2) is 0 Å². The number of primary amides is 1. The van der Waals surface area contributed by atoms with E-state index >= 15 is 0 Å². The quantitative estimate of drug-likeness (QED) is 0.713. The lowest BCUT2D eigenvalue weighted by molar-refractivity contribution is -0.115. The first-order chi connectivity index (χ1) is 9.97. The molecule has 0 spiro atoms. The predicted octanol–water partition coefficient (Wildman–Crippen LogP) is 1.34. The lowest BCUT2D eigenvalue weighted by atomic mass is 10.1. The van der Waals surface area contributed by atoms with Crippen molar-refractivity contribution in [3.05, 3.63) is 29.8 Å². The second-order valence-corrected chi connectivity index (χ2v) is 6.66. The van der Waals surface area contributed by atoms with E-state index < -0.39 is 11.2 Å². The molecular formula is C12H13N5O2S2. The summed E-state index contributed by atoms with van der Waals surface area (Å²) in [5, 5.41) is 10.1. The molecule has 9 heteroatoms. The van der Waals surface area contributed by atoms with E-state index in [1.54, 1.807) is 31.2 Å². The van der Waals surface area contributed by atoms with Crippen LogP contribution in [0.15, 0.2) is 28.6 Å². The Bertz CT molecular complexity index is 673. The number of hydrogen-bond acceptors (Lipinski definition) is 7. The number of aromatic nitrogens is 2. The third-order valence-electron chi connectivity index (χ3n) is 2.52. The summed E-state index contributed by atoms with van der Waals surface area (Å²) in [5.74, 6) is -0.856. The van der Waals surface area contributed by atoms with Crippen LogP contribution in [0.3, 0.4) is 0 Å². The van der Waals surface area contributed by atoms with Crippen LogP contribution in [0.5, 0.6) is 0 Å². The van der Waals surface area contributed by atoms with Gasteiger partial charge in [0.2, 0.25) is 11.0 Å². The molecule has 0 aliphatic carbocycles. The summed E-state index contributed by atoms with van der Waals surface area (Å²) in [6, 6.07) is 6.57. The van der Waals surface area contributed by atoms with Gasteiger partial charge in [-0.15, -0.1) is 10.2 Å². The number of anilines is 2. The topological polar surface area (TPSA) is 124 Å². The number of benzene rings is 1. The number of carbonyl (C=O) groups is 2. The van der Waals surface area contributed by atoms with Gasteiger partial charge in [-0.1, -0.05) is 35.2 Å². The standard InChI is InChI=1S/C12H13N5O2S2/c1-6(20-12-17-16-11(14)21-12)10(19)15-8-5-3-2-4-7(8)9(13)18/h2-6H,1H3,(H2,13,18)(H2,14,16)(H,15,19). The molecule has 5 N–H and O–H groups in total. The SMILES string of the molecule is CC(Sc1nnc(N)s1)C(=O)Nc1ccccc1C(N)=O. The van der Waals surface area contributed by atoms with Crippen molar-refractivity contribution in [2.45, 2.75) is 16.5 Å². The monoisotopic (exact) mass is 323 g/mol. The second kappa shape index (κ2) is 6.55. The Labute approximate surface area is 129 Å². The average Bonchev–Trinajstić information content (AvgIpc) is 2.84. The van der Waals surface area contributed by atoms with Gasteiger partial charge in [0, 0.05) is 0 Å². The van der Waals surface area contributed by atoms with Gasteiger partial charge in [0.15, 0.2) is 4.34 Å². The molecule has 0 radical (unpaired) electrons. The highest BCUT2D eigenvalue weighted by Gasteiger charge is 2.18. The molecular weight excluding hydrogens is 310 g/mol. The Morgan fingerprint density at radius 2 is 2.05 bits per heavy atom. The van der Waals surface area contributed by atoms with E-state index in [2.05, 4.69) is 15.5 Å². The summed E-state index contributed by atoms with van der Waals surface area (Å²) in [5.41, 5.74) is 11.4. The molecule has 1 atom stereocenters. The van der Waals surface area contributed by atoms with Crippen molar-refractivity contribution in [2.75, 3.05) is 11.1 Å². The number of nitrogens with zero attached hydrogens (tertiary/aromatic N) is 2. The Morgan fingerprint density at radius 3 is 2.67 bits per heavy atom. The Balaban J connectivity index is 2.05. The fraction of sp³-hybridized carbons (Fsp3) is 0.167. The van der Waals surface area contributed by atoms with E-state index in [1.807, 2.05) is 0 Å². The van der Waals surface area contributed by atoms with Gasteiger partial charge < -0.3 is 16.8 Å². The van der Waals surface area contributed by atoms with Crippen LogP contribution in [0.4, 0.5) is 10.8 Å². The summed E-state index contributed by atoms with van der Waals surface area (Å²) in [7, 11) is 0. The van der Waals surface area contributed by atoms with Crippen molar-refractivity contribution in [3.63, 3.8) is 0 Å². The maximum Gasteiger partial charge on any atom is 0.250 e. The molecule has 1 aromatic carbocycles. The number of thioether (sulfide) groups is 1. The van der Waals surface area contributed by atoms with Crippen LogP contribution >= 0.6 is 23.1 Å². The van der Waals surface area contributed by atoms with Crippen molar-refractivity contribution in [2.24, 2.45) is 5.73 Å². The summed E-state index contributed by atoms with van der Waals surface area (Å²) in [4.78, 5) is 23.4. The van der Waals surface area contributed by atoms with Crippen LogP contribution in [0.1, 0.15) is 17.3 Å². The van der Waals surface area contributed by atoms with Gasteiger partial charge in [0.1, 0.15) is 0 Å². The Kier molecular flexibility index (Phi) is 4.76. The molecule has 0 aliphatic heterocycles. The third kappa shape index (κ3) is 3.92. The van der Waals surface area contributed by atoms with Crippen LogP contribution in [-0.2, 0) is 4.79 Å². The van der Waals surface area contributed by atoms with Gasteiger partial charge in [0.05, 0.1) is 16.5 Å². The molecule has 2 aromatic rings. The molecule has 1 aromatic heterocycles. The molecule has 21 heavy (non-hydrogen) atoms. The summed E-state index contributed by atoms with van der Waals surface area (Å²) in [6.07, 6.45) is 0. The van der Waals surface area contributed by atoms with Gasteiger partial charge in [-0.2, -0.15) is 0 Å². The number of carbonyl (C=O) groups excluding carboxylic acids is 2. The minimum absolute atomic E-state index is 0.262. The van der Waals surface area contributed by atoms with Crippen LogP contribution in [-0.4, -0.2) is 27.3 Å². The summed E-state index contributed by atoms with van der Waals surface area (Å²) >= 11 is 2.45. The van der Waals surface area contributed by atoms with Gasteiger partial charge in [-0.05, 0) is 19.1 Å². The van der Waals surface area contributed by atoms with Gasteiger partial charge in [-0.3, -0.25) is 9.59 Å². The molecule has 0 fully saturated rings. The third-order valence-corrected chi connectivity index (χ3v) is 4.46. The molecule has 1 unspecified atom stereocenters.